The van der Waals surface area contributed by atoms with Crippen molar-refractivity contribution in [2.75, 3.05) is 0 Å². The van der Waals surface area contributed by atoms with Gasteiger partial charge in [0.05, 0.1) is 6.10 Å². The van der Waals surface area contributed by atoms with Crippen molar-refractivity contribution in [3.05, 3.63) is 11.7 Å². The molecule has 0 spiro atoms. The maximum absolute atomic E-state index is 11.1. The third-order valence-electron chi connectivity index (χ3n) is 2.93. The van der Waals surface area contributed by atoms with Crippen LogP contribution in [0, 0.1) is 0 Å². The lowest BCUT2D eigenvalue weighted by Gasteiger charge is -2.20. The van der Waals surface area contributed by atoms with Crippen LogP contribution in [0.15, 0.2) is 4.52 Å². The first-order chi connectivity index (χ1) is 8.15. The molecule has 94 valence electrons. The average Bonchev–Trinajstić information content (AvgIpc) is 2.77. The molecule has 1 heterocycles. The van der Waals surface area contributed by atoms with E-state index in [0.717, 1.165) is 12.8 Å². The van der Waals surface area contributed by atoms with Crippen molar-refractivity contribution in [1.29, 1.82) is 0 Å². The van der Waals surface area contributed by atoms with Crippen LogP contribution in [0.3, 0.4) is 0 Å². The number of carbonyl (C=O) groups excluding carboxylic acids is 1. The predicted octanol–water partition coefficient (Wildman–Crippen LogP) is 2.22. The summed E-state index contributed by atoms with van der Waals surface area (Å²) in [6.07, 6.45) is 3.04. The molecular weight excluding hydrogens is 220 g/mol. The monoisotopic (exact) mass is 238 g/mol. The minimum atomic E-state index is 0.155. The van der Waals surface area contributed by atoms with E-state index in [2.05, 4.69) is 10.1 Å². The fourth-order valence-electron chi connectivity index (χ4n) is 1.83. The highest BCUT2D eigenvalue weighted by molar-refractivity contribution is 5.79. The van der Waals surface area contributed by atoms with Crippen molar-refractivity contribution in [2.24, 2.45) is 0 Å². The molecule has 0 unspecified atom stereocenters. The highest BCUT2D eigenvalue weighted by atomic mass is 16.5. The molecule has 1 aromatic rings. The fraction of sp³-hybridized carbons (Fsp3) is 0.750. The van der Waals surface area contributed by atoms with Crippen molar-refractivity contribution >= 4 is 5.78 Å². The van der Waals surface area contributed by atoms with Gasteiger partial charge in [0, 0.05) is 18.8 Å². The quantitative estimate of drug-likeness (QED) is 0.804. The molecule has 1 aliphatic rings. The first-order valence-corrected chi connectivity index (χ1v) is 6.11. The van der Waals surface area contributed by atoms with Crippen LogP contribution in [-0.4, -0.2) is 22.0 Å². The molecule has 17 heavy (non-hydrogen) atoms. The van der Waals surface area contributed by atoms with Crippen LogP contribution in [-0.2, 0) is 16.1 Å². The molecule has 0 atom stereocenters. The Hall–Kier alpha value is -1.23. The maximum Gasteiger partial charge on any atom is 0.252 e. The third-order valence-corrected chi connectivity index (χ3v) is 2.93. The van der Waals surface area contributed by atoms with Crippen molar-refractivity contribution in [1.82, 2.24) is 10.1 Å². The summed E-state index contributed by atoms with van der Waals surface area (Å²) in [4.78, 5) is 15.3. The predicted molar refractivity (Wildman–Crippen MR) is 60.4 cm³/mol. The molecule has 5 heteroatoms. The summed E-state index contributed by atoms with van der Waals surface area (Å²) in [5.41, 5.74) is 0. The number of Topliss-reactive ketones (excluding diaryl/α,β-unsaturated/α-hetero) is 1. The molecule has 1 fully saturated rings. The highest BCUT2D eigenvalue weighted by Gasteiger charge is 2.20. The lowest BCUT2D eigenvalue weighted by Crippen LogP contribution is -2.21. The van der Waals surface area contributed by atoms with Crippen molar-refractivity contribution in [3.63, 3.8) is 0 Å². The Bertz CT molecular complexity index is 377. The lowest BCUT2D eigenvalue weighted by molar-refractivity contribution is -0.123. The normalized spacial score (nSPS) is 17.9. The zero-order valence-electron chi connectivity index (χ0n) is 10.3. The van der Waals surface area contributed by atoms with Gasteiger partial charge < -0.3 is 9.26 Å². The van der Waals surface area contributed by atoms with Gasteiger partial charge >= 0.3 is 0 Å². The van der Waals surface area contributed by atoms with Crippen LogP contribution >= 0.6 is 0 Å². The second kappa shape index (κ2) is 5.40. The van der Waals surface area contributed by atoms with Gasteiger partial charge in [-0.15, -0.1) is 0 Å². The van der Waals surface area contributed by atoms with Gasteiger partial charge in [0.1, 0.15) is 12.4 Å². The minimum Gasteiger partial charge on any atom is -0.368 e. The molecule has 0 bridgehead atoms. The number of ketones is 1. The minimum absolute atomic E-state index is 0.155. The second-order valence-electron chi connectivity index (χ2n) is 4.75. The van der Waals surface area contributed by atoms with Crippen molar-refractivity contribution in [2.45, 2.75) is 58.2 Å². The lowest BCUT2D eigenvalue weighted by atomic mass is 9.97. The summed E-state index contributed by atoms with van der Waals surface area (Å²) in [5.74, 6) is 1.83. The third kappa shape index (κ3) is 3.36. The number of hydrogen-bond donors (Lipinski definition) is 0. The summed E-state index contributed by atoms with van der Waals surface area (Å²) in [7, 11) is 0. The molecule has 0 aromatic carbocycles. The Morgan fingerprint density at radius 2 is 2.12 bits per heavy atom. The molecule has 0 aliphatic heterocycles. The number of hydrogen-bond acceptors (Lipinski definition) is 5. The molecule has 0 saturated heterocycles. The number of carbonyl (C=O) groups is 1. The van der Waals surface area contributed by atoms with E-state index in [1.165, 1.54) is 0 Å². The Kier molecular flexibility index (Phi) is 3.89. The van der Waals surface area contributed by atoms with Gasteiger partial charge in [0.2, 0.25) is 0 Å². The fourth-order valence-corrected chi connectivity index (χ4v) is 1.83. The Balaban J connectivity index is 1.79. The Morgan fingerprint density at radius 3 is 2.71 bits per heavy atom. The molecule has 1 aromatic heterocycles. The number of nitrogens with zero attached hydrogens (tertiary/aromatic N) is 2. The van der Waals surface area contributed by atoms with Crippen LogP contribution in [0.2, 0.25) is 0 Å². The second-order valence-corrected chi connectivity index (χ2v) is 4.75. The molecule has 1 aliphatic carbocycles. The SMILES string of the molecule is CC(C)c1noc(COC2CCC(=O)CC2)n1. The first kappa shape index (κ1) is 12.2. The van der Waals surface area contributed by atoms with Gasteiger partial charge in [-0.05, 0) is 12.8 Å². The van der Waals surface area contributed by atoms with Gasteiger partial charge in [-0.2, -0.15) is 4.98 Å². The van der Waals surface area contributed by atoms with Crippen LogP contribution < -0.4 is 0 Å². The van der Waals surface area contributed by atoms with Crippen LogP contribution in [0.25, 0.3) is 0 Å². The van der Waals surface area contributed by atoms with Gasteiger partial charge in [0.25, 0.3) is 5.89 Å². The molecule has 2 rings (SSSR count). The highest BCUT2D eigenvalue weighted by Crippen LogP contribution is 2.19. The summed E-state index contributed by atoms with van der Waals surface area (Å²) < 4.78 is 10.7. The van der Waals surface area contributed by atoms with E-state index < -0.39 is 0 Å². The van der Waals surface area contributed by atoms with Gasteiger partial charge in [-0.1, -0.05) is 19.0 Å². The number of ether oxygens (including phenoxy) is 1. The zero-order valence-corrected chi connectivity index (χ0v) is 10.3. The smallest absolute Gasteiger partial charge is 0.252 e. The molecular formula is C12H18N2O3. The molecule has 0 radical (unpaired) electrons. The topological polar surface area (TPSA) is 65.2 Å². The Labute approximate surface area is 101 Å². The van der Waals surface area contributed by atoms with Gasteiger partial charge in [0.15, 0.2) is 5.82 Å². The van der Waals surface area contributed by atoms with Crippen molar-refractivity contribution < 1.29 is 14.1 Å². The molecule has 1 saturated carbocycles. The van der Waals surface area contributed by atoms with Crippen LogP contribution in [0.1, 0.15) is 57.2 Å². The van der Waals surface area contributed by atoms with E-state index in [1.807, 2.05) is 13.8 Å². The average molecular weight is 238 g/mol. The summed E-state index contributed by atoms with van der Waals surface area (Å²) in [5, 5.41) is 3.87. The van der Waals surface area contributed by atoms with Crippen molar-refractivity contribution in [3.8, 4) is 0 Å². The van der Waals surface area contributed by atoms with E-state index in [1.54, 1.807) is 0 Å². The summed E-state index contributed by atoms with van der Waals surface area (Å²) in [6, 6.07) is 0. The van der Waals surface area contributed by atoms with E-state index in [4.69, 9.17) is 9.26 Å². The van der Waals surface area contributed by atoms with Gasteiger partial charge in [-0.25, -0.2) is 0 Å². The van der Waals surface area contributed by atoms with E-state index in [-0.39, 0.29) is 12.0 Å². The van der Waals surface area contributed by atoms with E-state index in [9.17, 15) is 4.79 Å². The summed E-state index contributed by atoms with van der Waals surface area (Å²) >= 11 is 0. The maximum atomic E-state index is 11.1. The standard InChI is InChI=1S/C12H18N2O3/c1-8(2)12-13-11(17-14-12)7-16-10-5-3-9(15)4-6-10/h8,10H,3-7H2,1-2H3. The zero-order chi connectivity index (χ0) is 12.3. The summed E-state index contributed by atoms with van der Waals surface area (Å²) in [6.45, 7) is 4.38. The Morgan fingerprint density at radius 1 is 1.41 bits per heavy atom. The first-order valence-electron chi connectivity index (χ1n) is 6.11. The van der Waals surface area contributed by atoms with Crippen LogP contribution in [0.4, 0.5) is 0 Å². The largest absolute Gasteiger partial charge is 0.368 e. The van der Waals surface area contributed by atoms with Crippen LogP contribution in [0.5, 0.6) is 0 Å². The molecule has 0 amide bonds. The number of rotatable bonds is 4. The molecule has 0 N–H and O–H groups in total. The van der Waals surface area contributed by atoms with E-state index >= 15 is 0 Å². The molecule has 5 nitrogen and oxygen atoms in total. The van der Waals surface area contributed by atoms with Gasteiger partial charge in [-0.3, -0.25) is 4.79 Å². The number of aromatic nitrogens is 2. The van der Waals surface area contributed by atoms with E-state index in [0.29, 0.717) is 36.9 Å².